The molecule has 0 aromatic heterocycles. The van der Waals surface area contributed by atoms with Crippen LogP contribution in [0.25, 0.3) is 0 Å². The van der Waals surface area contributed by atoms with E-state index < -0.39 is 12.8 Å². The van der Waals surface area contributed by atoms with E-state index in [9.17, 15) is 9.46 Å². The van der Waals surface area contributed by atoms with Crippen molar-refractivity contribution in [2.45, 2.75) is 41.5 Å². The van der Waals surface area contributed by atoms with Crippen molar-refractivity contribution in [3.05, 3.63) is 47.5 Å². The average Bonchev–Trinajstić information content (AvgIpc) is 2.26. The first-order valence-corrected chi connectivity index (χ1v) is 8.48. The van der Waals surface area contributed by atoms with Gasteiger partial charge in [0.25, 0.3) is 7.37 Å². The number of hydrogen-bond donors (Lipinski definition) is 1. The molecule has 0 saturated heterocycles. The van der Waals surface area contributed by atoms with Crippen LogP contribution in [-0.2, 0) is 4.57 Å². The summed E-state index contributed by atoms with van der Waals surface area (Å²) < 4.78 is 12.9. The van der Waals surface area contributed by atoms with E-state index in [4.69, 9.17) is 0 Å². The largest absolute Gasteiger partial charge is 0.338 e. The summed E-state index contributed by atoms with van der Waals surface area (Å²) in [6.45, 7) is 12.0. The maximum absolute atomic E-state index is 12.9. The Morgan fingerprint density at radius 1 is 1.10 bits per heavy atom. The van der Waals surface area contributed by atoms with Gasteiger partial charge in [-0.1, -0.05) is 59.7 Å². The van der Waals surface area contributed by atoms with Crippen molar-refractivity contribution in [3.8, 4) is 0 Å². The van der Waals surface area contributed by atoms with Gasteiger partial charge in [0.1, 0.15) is 0 Å². The lowest BCUT2D eigenvalue weighted by Crippen LogP contribution is -2.15. The summed E-state index contributed by atoms with van der Waals surface area (Å²) >= 11 is 0. The molecule has 110 valence electrons. The first-order valence-electron chi connectivity index (χ1n) is 6.82. The molecule has 0 amide bonds. The summed E-state index contributed by atoms with van der Waals surface area (Å²) in [6.07, 6.45) is 1.87. The van der Waals surface area contributed by atoms with Gasteiger partial charge in [-0.15, -0.1) is 5.73 Å². The third-order valence-corrected chi connectivity index (χ3v) is 5.17. The molecule has 0 saturated carbocycles. The van der Waals surface area contributed by atoms with Crippen LogP contribution in [0.3, 0.4) is 0 Å². The van der Waals surface area contributed by atoms with Crippen molar-refractivity contribution >= 4 is 12.7 Å². The fraction of sp³-hybridized carbons (Fsp3) is 0.471. The Morgan fingerprint density at radius 2 is 1.60 bits per heavy atom. The standard InChI is InChI=1S/C17H25O2P/c1-16(2,3)13-12-15(17(4,5)6)20(18,19)14-10-8-7-9-11-14/h7-11,13H,1-6H3,(H,18,19). The van der Waals surface area contributed by atoms with Crippen molar-refractivity contribution in [2.75, 3.05) is 0 Å². The molecular weight excluding hydrogens is 267 g/mol. The predicted octanol–water partition coefficient (Wildman–Crippen LogP) is 4.71. The van der Waals surface area contributed by atoms with Gasteiger partial charge in [0.2, 0.25) is 0 Å². The third-order valence-electron chi connectivity index (χ3n) is 2.76. The zero-order valence-electron chi connectivity index (χ0n) is 13.3. The molecule has 1 N–H and O–H groups in total. The number of allylic oxidation sites excluding steroid dienone is 1. The highest BCUT2D eigenvalue weighted by Gasteiger charge is 2.35. The van der Waals surface area contributed by atoms with Gasteiger partial charge in [-0.2, -0.15) is 0 Å². The van der Waals surface area contributed by atoms with Crippen LogP contribution in [0.1, 0.15) is 41.5 Å². The molecule has 0 heterocycles. The molecule has 1 aromatic rings. The van der Waals surface area contributed by atoms with Gasteiger partial charge in [0.05, 0.1) is 5.31 Å². The fourth-order valence-corrected chi connectivity index (χ4v) is 3.79. The van der Waals surface area contributed by atoms with Gasteiger partial charge >= 0.3 is 0 Å². The maximum Gasteiger partial charge on any atom is 0.262 e. The van der Waals surface area contributed by atoms with Crippen LogP contribution in [0.5, 0.6) is 0 Å². The van der Waals surface area contributed by atoms with Crippen LogP contribution in [-0.4, -0.2) is 4.89 Å². The molecule has 20 heavy (non-hydrogen) atoms. The zero-order valence-corrected chi connectivity index (χ0v) is 14.2. The van der Waals surface area contributed by atoms with E-state index in [1.807, 2.05) is 53.7 Å². The summed E-state index contributed by atoms with van der Waals surface area (Å²) in [5, 5.41) is 0.922. The van der Waals surface area contributed by atoms with Crippen molar-refractivity contribution in [1.82, 2.24) is 0 Å². The van der Waals surface area contributed by atoms with Crippen LogP contribution >= 0.6 is 7.37 Å². The lowest BCUT2D eigenvalue weighted by Gasteiger charge is -2.26. The highest BCUT2D eigenvalue weighted by Crippen LogP contribution is 2.55. The molecule has 0 aliphatic carbocycles. The lowest BCUT2D eigenvalue weighted by molar-refractivity contribution is 0.463. The van der Waals surface area contributed by atoms with Gasteiger partial charge in [-0.25, -0.2) is 0 Å². The van der Waals surface area contributed by atoms with E-state index in [0.29, 0.717) is 10.6 Å². The molecule has 1 aromatic carbocycles. The molecule has 1 rings (SSSR count). The third kappa shape index (κ3) is 4.49. The molecule has 3 heteroatoms. The van der Waals surface area contributed by atoms with E-state index in [-0.39, 0.29) is 5.41 Å². The maximum atomic E-state index is 12.9. The predicted molar refractivity (Wildman–Crippen MR) is 86.4 cm³/mol. The average molecular weight is 292 g/mol. The summed E-state index contributed by atoms with van der Waals surface area (Å²) in [4.78, 5) is 10.6. The quantitative estimate of drug-likeness (QED) is 0.633. The summed E-state index contributed by atoms with van der Waals surface area (Å²) in [5.41, 5.74) is 2.63. The van der Waals surface area contributed by atoms with Crippen LogP contribution in [0.4, 0.5) is 0 Å². The first kappa shape index (κ1) is 17.0. The van der Waals surface area contributed by atoms with E-state index >= 15 is 0 Å². The van der Waals surface area contributed by atoms with Crippen LogP contribution in [0.2, 0.25) is 0 Å². The molecule has 2 nitrogen and oxygen atoms in total. The Balaban J connectivity index is 3.49. The second-order valence-electron chi connectivity index (χ2n) is 7.16. The molecule has 0 bridgehead atoms. The monoisotopic (exact) mass is 292 g/mol. The van der Waals surface area contributed by atoms with Crippen molar-refractivity contribution in [2.24, 2.45) is 10.8 Å². The number of hydrogen-bond acceptors (Lipinski definition) is 1. The summed E-state index contributed by atoms with van der Waals surface area (Å²) in [5.74, 6) is 0. The molecule has 0 aliphatic rings. The minimum Gasteiger partial charge on any atom is -0.338 e. The van der Waals surface area contributed by atoms with Crippen LogP contribution < -0.4 is 5.30 Å². The topological polar surface area (TPSA) is 37.3 Å². The molecule has 0 fully saturated rings. The summed E-state index contributed by atoms with van der Waals surface area (Å²) in [7, 11) is -3.59. The molecule has 0 aliphatic heterocycles. The zero-order chi connectivity index (χ0) is 15.6. The lowest BCUT2D eigenvalue weighted by atomic mass is 9.93. The number of rotatable bonds is 2. The Morgan fingerprint density at radius 3 is 2.00 bits per heavy atom. The fourth-order valence-electron chi connectivity index (χ4n) is 1.80. The van der Waals surface area contributed by atoms with Gasteiger partial charge in [-0.05, 0) is 23.6 Å². The minimum absolute atomic E-state index is 0.0762. The Labute approximate surface area is 122 Å². The smallest absolute Gasteiger partial charge is 0.262 e. The van der Waals surface area contributed by atoms with Crippen LogP contribution in [0, 0.1) is 10.8 Å². The van der Waals surface area contributed by atoms with Crippen molar-refractivity contribution in [1.29, 1.82) is 0 Å². The van der Waals surface area contributed by atoms with Crippen molar-refractivity contribution < 1.29 is 9.46 Å². The molecule has 1 unspecified atom stereocenters. The molecule has 0 radical (unpaired) electrons. The van der Waals surface area contributed by atoms with Gasteiger partial charge in [0.15, 0.2) is 0 Å². The normalized spacial score (nSPS) is 15.2. The molecular formula is C17H25O2P. The van der Waals surface area contributed by atoms with Crippen LogP contribution in [0.15, 0.2) is 47.5 Å². The Bertz CT molecular complexity index is 565. The highest BCUT2D eigenvalue weighted by atomic mass is 31.2. The van der Waals surface area contributed by atoms with Gasteiger partial charge < -0.3 is 4.89 Å². The molecule has 1 atom stereocenters. The summed E-state index contributed by atoms with van der Waals surface area (Å²) in [6, 6.07) is 8.81. The van der Waals surface area contributed by atoms with Gasteiger partial charge in [-0.3, -0.25) is 4.57 Å². The Kier molecular flexibility index (Phi) is 4.87. The second-order valence-corrected chi connectivity index (χ2v) is 9.28. The minimum atomic E-state index is -3.59. The Hall–Kier alpha value is -1.07. The highest BCUT2D eigenvalue weighted by molar-refractivity contribution is 7.70. The van der Waals surface area contributed by atoms with E-state index in [0.717, 1.165) is 0 Å². The van der Waals surface area contributed by atoms with Crippen molar-refractivity contribution in [3.63, 3.8) is 0 Å². The molecule has 0 spiro atoms. The van der Waals surface area contributed by atoms with E-state index in [1.54, 1.807) is 24.3 Å². The SMILES string of the molecule is CC(C)(C)C=C=C(C(C)(C)C)P(=O)(O)c1ccccc1. The first-order chi connectivity index (χ1) is 8.94. The van der Waals surface area contributed by atoms with E-state index in [2.05, 4.69) is 5.73 Å². The van der Waals surface area contributed by atoms with E-state index in [1.165, 1.54) is 0 Å². The number of benzene rings is 1. The van der Waals surface area contributed by atoms with Gasteiger partial charge in [0, 0.05) is 10.7 Å². The second kappa shape index (κ2) is 5.74.